The van der Waals surface area contributed by atoms with Crippen molar-refractivity contribution in [3.63, 3.8) is 0 Å². The third-order valence-corrected chi connectivity index (χ3v) is 4.31. The highest BCUT2D eigenvalue weighted by molar-refractivity contribution is 7.13. The number of thiazole rings is 1. The molecule has 0 aliphatic heterocycles. The first kappa shape index (κ1) is 17.2. The molecule has 0 saturated carbocycles. The summed E-state index contributed by atoms with van der Waals surface area (Å²) in [4.78, 5) is 16.2. The number of rotatable bonds is 4. The number of ether oxygens (including phenoxy) is 1. The summed E-state index contributed by atoms with van der Waals surface area (Å²) in [5.74, 6) is -0.754. The van der Waals surface area contributed by atoms with Crippen LogP contribution in [0.4, 0.5) is 13.2 Å². The monoisotopic (exact) mass is 363 g/mol. The molecule has 1 aromatic heterocycles. The van der Waals surface area contributed by atoms with E-state index in [1.54, 1.807) is 0 Å². The minimum absolute atomic E-state index is 0.0772. The molecule has 128 valence electrons. The Labute approximate surface area is 145 Å². The summed E-state index contributed by atoms with van der Waals surface area (Å²) in [6.07, 6.45) is -4.50. The fourth-order valence-corrected chi connectivity index (χ4v) is 3.02. The molecule has 3 rings (SSSR count). The zero-order valence-electron chi connectivity index (χ0n) is 12.8. The van der Waals surface area contributed by atoms with Crippen LogP contribution in [0.3, 0.4) is 0 Å². The number of esters is 1. The topological polar surface area (TPSA) is 39.2 Å². The van der Waals surface area contributed by atoms with Gasteiger partial charge in [-0.2, -0.15) is 13.2 Å². The molecule has 0 radical (unpaired) electrons. The molecule has 1 heterocycles. The van der Waals surface area contributed by atoms with Crippen molar-refractivity contribution in [3.05, 3.63) is 76.8 Å². The molecule has 0 aliphatic carbocycles. The molecule has 0 fully saturated rings. The highest BCUT2D eigenvalue weighted by Gasteiger charge is 2.33. The van der Waals surface area contributed by atoms with Gasteiger partial charge in [0.1, 0.15) is 11.6 Å². The molecular weight excluding hydrogens is 351 g/mol. The third-order valence-electron chi connectivity index (χ3n) is 3.42. The SMILES string of the molecule is O=C(OCc1ccccc1C(F)(F)F)c1csc(-c2ccccc2)n1. The second-order valence-electron chi connectivity index (χ2n) is 5.13. The van der Waals surface area contributed by atoms with E-state index in [2.05, 4.69) is 4.98 Å². The maximum Gasteiger partial charge on any atom is 0.416 e. The van der Waals surface area contributed by atoms with Gasteiger partial charge in [-0.3, -0.25) is 0 Å². The van der Waals surface area contributed by atoms with Crippen LogP contribution in [0, 0.1) is 0 Å². The number of nitrogens with zero attached hydrogens (tertiary/aromatic N) is 1. The molecule has 2 aromatic carbocycles. The summed E-state index contributed by atoms with van der Waals surface area (Å²) in [5, 5.41) is 2.17. The summed E-state index contributed by atoms with van der Waals surface area (Å²) < 4.78 is 43.8. The van der Waals surface area contributed by atoms with E-state index in [0.717, 1.165) is 11.6 Å². The van der Waals surface area contributed by atoms with Gasteiger partial charge in [0, 0.05) is 16.5 Å². The summed E-state index contributed by atoms with van der Waals surface area (Å²) >= 11 is 1.27. The Hall–Kier alpha value is -2.67. The highest BCUT2D eigenvalue weighted by Crippen LogP contribution is 2.32. The molecule has 3 nitrogen and oxygen atoms in total. The predicted octanol–water partition coefficient (Wildman–Crippen LogP) is 5.19. The van der Waals surface area contributed by atoms with Crippen LogP contribution in [-0.2, 0) is 17.5 Å². The molecule has 0 N–H and O–H groups in total. The Balaban J connectivity index is 1.71. The number of benzene rings is 2. The van der Waals surface area contributed by atoms with Gasteiger partial charge in [-0.1, -0.05) is 48.5 Å². The van der Waals surface area contributed by atoms with Crippen LogP contribution in [-0.4, -0.2) is 11.0 Å². The van der Waals surface area contributed by atoms with Gasteiger partial charge in [-0.25, -0.2) is 9.78 Å². The smallest absolute Gasteiger partial charge is 0.416 e. The first-order chi connectivity index (χ1) is 11.9. The first-order valence-electron chi connectivity index (χ1n) is 7.28. The number of hydrogen-bond acceptors (Lipinski definition) is 4. The maximum absolute atomic E-state index is 12.9. The van der Waals surface area contributed by atoms with E-state index in [1.165, 1.54) is 34.9 Å². The average molecular weight is 363 g/mol. The molecule has 0 bridgehead atoms. The zero-order chi connectivity index (χ0) is 17.9. The zero-order valence-corrected chi connectivity index (χ0v) is 13.6. The van der Waals surface area contributed by atoms with Crippen molar-refractivity contribution in [2.24, 2.45) is 0 Å². The van der Waals surface area contributed by atoms with E-state index in [4.69, 9.17) is 4.74 Å². The van der Waals surface area contributed by atoms with Crippen molar-refractivity contribution in [1.82, 2.24) is 4.98 Å². The number of aromatic nitrogens is 1. The first-order valence-corrected chi connectivity index (χ1v) is 8.16. The molecule has 0 spiro atoms. The Morgan fingerprint density at radius 2 is 1.72 bits per heavy atom. The van der Waals surface area contributed by atoms with Crippen LogP contribution in [0.1, 0.15) is 21.6 Å². The summed E-state index contributed by atoms with van der Waals surface area (Å²) in [5.41, 5.74) is 0.0234. The fraction of sp³-hybridized carbons (Fsp3) is 0.111. The van der Waals surface area contributed by atoms with Crippen molar-refractivity contribution >= 4 is 17.3 Å². The molecule has 7 heteroatoms. The standard InChI is InChI=1S/C18H12F3NO2S/c19-18(20,21)14-9-5-4-8-13(14)10-24-17(23)15-11-25-16(22-15)12-6-2-1-3-7-12/h1-9,11H,10H2. The average Bonchev–Trinajstić information content (AvgIpc) is 3.10. The lowest BCUT2D eigenvalue weighted by Crippen LogP contribution is -2.12. The molecule has 0 unspecified atom stereocenters. The Kier molecular flexibility index (Phi) is 4.85. The van der Waals surface area contributed by atoms with Gasteiger partial charge in [0.15, 0.2) is 5.69 Å². The Morgan fingerprint density at radius 3 is 2.44 bits per heavy atom. The number of hydrogen-bond donors (Lipinski definition) is 0. The van der Waals surface area contributed by atoms with Crippen molar-refractivity contribution < 1.29 is 22.7 Å². The van der Waals surface area contributed by atoms with Gasteiger partial charge in [0.05, 0.1) is 5.56 Å². The largest absolute Gasteiger partial charge is 0.456 e. The van der Waals surface area contributed by atoms with Crippen molar-refractivity contribution in [2.45, 2.75) is 12.8 Å². The number of alkyl halides is 3. The molecule has 25 heavy (non-hydrogen) atoms. The predicted molar refractivity (Wildman–Crippen MR) is 88.1 cm³/mol. The van der Waals surface area contributed by atoms with E-state index < -0.39 is 24.3 Å². The van der Waals surface area contributed by atoms with E-state index >= 15 is 0 Å². The van der Waals surface area contributed by atoms with Gasteiger partial charge in [0.2, 0.25) is 0 Å². The second kappa shape index (κ2) is 7.06. The summed E-state index contributed by atoms with van der Waals surface area (Å²) in [6, 6.07) is 14.3. The lowest BCUT2D eigenvalue weighted by atomic mass is 10.1. The quantitative estimate of drug-likeness (QED) is 0.599. The maximum atomic E-state index is 12.9. The van der Waals surface area contributed by atoms with Crippen LogP contribution in [0.25, 0.3) is 10.6 Å². The van der Waals surface area contributed by atoms with Gasteiger partial charge in [-0.05, 0) is 6.07 Å². The van der Waals surface area contributed by atoms with E-state index in [0.29, 0.717) is 5.01 Å². The van der Waals surface area contributed by atoms with Gasteiger partial charge in [0.25, 0.3) is 0 Å². The molecule has 0 saturated heterocycles. The minimum atomic E-state index is -4.50. The number of halogens is 3. The second-order valence-corrected chi connectivity index (χ2v) is 5.99. The lowest BCUT2D eigenvalue weighted by Gasteiger charge is -2.12. The molecule has 3 aromatic rings. The van der Waals surface area contributed by atoms with E-state index in [9.17, 15) is 18.0 Å². The minimum Gasteiger partial charge on any atom is -0.456 e. The van der Waals surface area contributed by atoms with Gasteiger partial charge >= 0.3 is 12.1 Å². The van der Waals surface area contributed by atoms with Crippen LogP contribution in [0.5, 0.6) is 0 Å². The van der Waals surface area contributed by atoms with E-state index in [-0.39, 0.29) is 11.3 Å². The third kappa shape index (κ3) is 4.06. The van der Waals surface area contributed by atoms with Gasteiger partial charge in [-0.15, -0.1) is 11.3 Å². The van der Waals surface area contributed by atoms with Crippen molar-refractivity contribution in [1.29, 1.82) is 0 Å². The fourth-order valence-electron chi connectivity index (χ4n) is 2.22. The normalized spacial score (nSPS) is 11.3. The Bertz CT molecular complexity index is 875. The number of carbonyl (C=O) groups excluding carboxylic acids is 1. The summed E-state index contributed by atoms with van der Waals surface area (Å²) in [7, 11) is 0. The van der Waals surface area contributed by atoms with Crippen molar-refractivity contribution in [3.8, 4) is 10.6 Å². The summed E-state index contributed by atoms with van der Waals surface area (Å²) in [6.45, 7) is -0.466. The lowest BCUT2D eigenvalue weighted by molar-refractivity contribution is -0.138. The van der Waals surface area contributed by atoms with Crippen LogP contribution in [0.2, 0.25) is 0 Å². The van der Waals surface area contributed by atoms with E-state index in [1.807, 2.05) is 30.3 Å². The van der Waals surface area contributed by atoms with Gasteiger partial charge < -0.3 is 4.74 Å². The van der Waals surface area contributed by atoms with Crippen LogP contribution >= 0.6 is 11.3 Å². The van der Waals surface area contributed by atoms with Crippen LogP contribution in [0.15, 0.2) is 60.0 Å². The molecule has 0 amide bonds. The number of carbonyl (C=O) groups is 1. The highest BCUT2D eigenvalue weighted by atomic mass is 32.1. The Morgan fingerprint density at radius 1 is 1.04 bits per heavy atom. The van der Waals surface area contributed by atoms with Crippen LogP contribution < -0.4 is 0 Å². The van der Waals surface area contributed by atoms with Crippen molar-refractivity contribution in [2.75, 3.05) is 0 Å². The molecular formula is C18H12F3NO2S. The molecule has 0 aliphatic rings. The molecule has 0 atom stereocenters.